The molecule has 0 radical (unpaired) electrons. The first-order chi connectivity index (χ1) is 13.7. The van der Waals surface area contributed by atoms with Crippen molar-refractivity contribution in [3.05, 3.63) is 71.7 Å². The van der Waals surface area contributed by atoms with Gasteiger partial charge in [-0.15, -0.1) is 0 Å². The molecule has 0 saturated carbocycles. The number of para-hydroxylation sites is 1. The Bertz CT molecular complexity index is 932. The smallest absolute Gasteiger partial charge is 0.224 e. The quantitative estimate of drug-likeness (QED) is 0.690. The average Bonchev–Trinajstić information content (AvgIpc) is 3.13. The molecular weight excluding hydrogens is 357 g/mol. The molecule has 0 aliphatic carbocycles. The maximum Gasteiger partial charge on any atom is 0.224 e. The van der Waals surface area contributed by atoms with E-state index in [1.54, 1.807) is 12.1 Å². The molecular formula is C22H24FN3O2. The van der Waals surface area contributed by atoms with Crippen LogP contribution in [0.15, 0.2) is 54.7 Å². The van der Waals surface area contributed by atoms with Crippen LogP contribution in [0.3, 0.4) is 0 Å². The minimum Gasteiger partial charge on any atom is -0.379 e. The van der Waals surface area contributed by atoms with Crippen molar-refractivity contribution in [2.75, 3.05) is 32.8 Å². The van der Waals surface area contributed by atoms with E-state index in [2.05, 4.69) is 15.2 Å². The van der Waals surface area contributed by atoms with Crippen molar-refractivity contribution in [1.82, 2.24) is 15.2 Å². The van der Waals surface area contributed by atoms with Gasteiger partial charge in [0, 0.05) is 36.7 Å². The molecule has 1 fully saturated rings. The number of nitrogens with one attached hydrogen (secondary N) is 2. The lowest BCUT2D eigenvalue weighted by atomic mass is 10.0. The Hall–Kier alpha value is -2.70. The number of H-pyrrole nitrogens is 1. The van der Waals surface area contributed by atoms with Gasteiger partial charge in [0.25, 0.3) is 0 Å². The van der Waals surface area contributed by atoms with E-state index in [9.17, 15) is 9.18 Å². The van der Waals surface area contributed by atoms with E-state index < -0.39 is 0 Å². The number of aromatic amines is 1. The van der Waals surface area contributed by atoms with Crippen LogP contribution in [0.4, 0.5) is 4.39 Å². The van der Waals surface area contributed by atoms with E-state index in [4.69, 9.17) is 4.74 Å². The Morgan fingerprint density at radius 2 is 1.89 bits per heavy atom. The lowest BCUT2D eigenvalue weighted by Crippen LogP contribution is -2.44. The fourth-order valence-corrected chi connectivity index (χ4v) is 3.76. The summed E-state index contributed by atoms with van der Waals surface area (Å²) in [6.45, 7) is 3.40. The van der Waals surface area contributed by atoms with Gasteiger partial charge < -0.3 is 15.0 Å². The van der Waals surface area contributed by atoms with Gasteiger partial charge in [0.15, 0.2) is 0 Å². The van der Waals surface area contributed by atoms with Crippen molar-refractivity contribution in [3.63, 3.8) is 0 Å². The number of carbonyl (C=O) groups is 1. The monoisotopic (exact) mass is 381 g/mol. The van der Waals surface area contributed by atoms with Crippen LogP contribution in [-0.4, -0.2) is 48.6 Å². The number of morpholine rings is 1. The standard InChI is InChI=1S/C22H24FN3O2/c23-18-7-5-16(6-8-18)21(26-9-11-28-12-10-26)15-25-22(27)13-17-14-24-20-4-2-1-3-19(17)20/h1-8,14,21,24H,9-13,15H2,(H,25,27). The fraction of sp³-hybridized carbons (Fsp3) is 0.318. The molecule has 6 heteroatoms. The van der Waals surface area contributed by atoms with Gasteiger partial charge in [0.1, 0.15) is 5.82 Å². The number of amides is 1. The van der Waals surface area contributed by atoms with Crippen molar-refractivity contribution in [3.8, 4) is 0 Å². The molecule has 1 atom stereocenters. The third-order valence-electron chi connectivity index (χ3n) is 5.26. The van der Waals surface area contributed by atoms with Gasteiger partial charge in [-0.25, -0.2) is 4.39 Å². The number of aromatic nitrogens is 1. The van der Waals surface area contributed by atoms with Gasteiger partial charge in [-0.05, 0) is 29.3 Å². The van der Waals surface area contributed by atoms with Gasteiger partial charge in [0.05, 0.1) is 25.7 Å². The minimum atomic E-state index is -0.257. The largest absolute Gasteiger partial charge is 0.379 e. The Morgan fingerprint density at radius 1 is 1.14 bits per heavy atom. The van der Waals surface area contributed by atoms with E-state index in [0.29, 0.717) is 26.2 Å². The number of hydrogen-bond acceptors (Lipinski definition) is 3. The Kier molecular flexibility index (Phi) is 5.69. The third-order valence-corrected chi connectivity index (χ3v) is 5.26. The zero-order valence-electron chi connectivity index (χ0n) is 15.7. The number of carbonyl (C=O) groups excluding carboxylic acids is 1. The fourth-order valence-electron chi connectivity index (χ4n) is 3.76. The van der Waals surface area contributed by atoms with Crippen LogP contribution < -0.4 is 5.32 Å². The van der Waals surface area contributed by atoms with Crippen LogP contribution in [0.2, 0.25) is 0 Å². The lowest BCUT2D eigenvalue weighted by Gasteiger charge is -2.35. The van der Waals surface area contributed by atoms with Gasteiger partial charge >= 0.3 is 0 Å². The Labute approximate surface area is 163 Å². The number of nitrogens with zero attached hydrogens (tertiary/aromatic N) is 1. The molecule has 2 aromatic carbocycles. The summed E-state index contributed by atoms with van der Waals surface area (Å²) in [6, 6.07) is 14.5. The van der Waals surface area contributed by atoms with E-state index >= 15 is 0 Å². The molecule has 1 aliphatic heterocycles. The highest BCUT2D eigenvalue weighted by atomic mass is 19.1. The van der Waals surface area contributed by atoms with Gasteiger partial charge in [0.2, 0.25) is 5.91 Å². The second kappa shape index (κ2) is 8.54. The van der Waals surface area contributed by atoms with Crippen LogP contribution in [0.5, 0.6) is 0 Å². The van der Waals surface area contributed by atoms with Crippen LogP contribution in [-0.2, 0) is 16.0 Å². The minimum absolute atomic E-state index is 0.00332. The number of fused-ring (bicyclic) bond motifs is 1. The Morgan fingerprint density at radius 3 is 2.68 bits per heavy atom. The van der Waals surface area contributed by atoms with Crippen molar-refractivity contribution in [2.24, 2.45) is 0 Å². The first-order valence-corrected chi connectivity index (χ1v) is 9.59. The molecule has 4 rings (SSSR count). The number of hydrogen-bond donors (Lipinski definition) is 2. The molecule has 28 heavy (non-hydrogen) atoms. The van der Waals surface area contributed by atoms with Crippen LogP contribution in [0.1, 0.15) is 17.2 Å². The van der Waals surface area contributed by atoms with E-state index in [1.807, 2.05) is 30.5 Å². The maximum atomic E-state index is 13.3. The molecule has 0 bridgehead atoms. The first-order valence-electron chi connectivity index (χ1n) is 9.59. The van der Waals surface area contributed by atoms with Gasteiger partial charge in [-0.2, -0.15) is 0 Å². The highest BCUT2D eigenvalue weighted by molar-refractivity contribution is 5.88. The van der Waals surface area contributed by atoms with Gasteiger partial charge in [-0.3, -0.25) is 9.69 Å². The highest BCUT2D eigenvalue weighted by Crippen LogP contribution is 2.22. The summed E-state index contributed by atoms with van der Waals surface area (Å²) in [5.41, 5.74) is 3.01. The summed E-state index contributed by atoms with van der Waals surface area (Å²) in [5.74, 6) is -0.280. The molecule has 3 aromatic rings. The number of rotatable bonds is 6. The number of benzene rings is 2. The molecule has 2 N–H and O–H groups in total. The summed E-state index contributed by atoms with van der Waals surface area (Å²) in [5, 5.41) is 4.14. The molecule has 0 spiro atoms. The average molecular weight is 381 g/mol. The van der Waals surface area contributed by atoms with E-state index in [1.165, 1.54) is 12.1 Å². The zero-order chi connectivity index (χ0) is 19.3. The number of halogens is 1. The zero-order valence-corrected chi connectivity index (χ0v) is 15.7. The van der Waals surface area contributed by atoms with Crippen LogP contribution in [0.25, 0.3) is 10.9 Å². The summed E-state index contributed by atoms with van der Waals surface area (Å²) in [4.78, 5) is 18.1. The number of ether oxygens (including phenoxy) is 1. The summed E-state index contributed by atoms with van der Waals surface area (Å²) in [7, 11) is 0. The third kappa shape index (κ3) is 4.24. The normalized spacial score (nSPS) is 16.2. The van der Waals surface area contributed by atoms with Crippen LogP contribution in [0, 0.1) is 5.82 Å². The van der Waals surface area contributed by atoms with Crippen LogP contribution >= 0.6 is 0 Å². The summed E-state index contributed by atoms with van der Waals surface area (Å²) in [6.07, 6.45) is 2.22. The summed E-state index contributed by atoms with van der Waals surface area (Å²) >= 11 is 0. The molecule has 2 heterocycles. The predicted octanol–water partition coefficient (Wildman–Crippen LogP) is 3.04. The summed E-state index contributed by atoms with van der Waals surface area (Å²) < 4.78 is 18.8. The maximum absolute atomic E-state index is 13.3. The molecule has 1 amide bonds. The predicted molar refractivity (Wildman–Crippen MR) is 107 cm³/mol. The van der Waals surface area contributed by atoms with E-state index in [-0.39, 0.29) is 17.8 Å². The topological polar surface area (TPSA) is 57.4 Å². The molecule has 1 aliphatic rings. The molecule has 5 nitrogen and oxygen atoms in total. The lowest BCUT2D eigenvalue weighted by molar-refractivity contribution is -0.120. The second-order valence-corrected chi connectivity index (χ2v) is 7.06. The first kappa shape index (κ1) is 18.7. The van der Waals surface area contributed by atoms with Crippen molar-refractivity contribution < 1.29 is 13.9 Å². The SMILES string of the molecule is O=C(Cc1c[nH]c2ccccc12)NCC(c1ccc(F)cc1)N1CCOCC1. The molecule has 1 saturated heterocycles. The van der Waals surface area contributed by atoms with Crippen molar-refractivity contribution in [2.45, 2.75) is 12.5 Å². The molecule has 146 valence electrons. The highest BCUT2D eigenvalue weighted by Gasteiger charge is 2.23. The second-order valence-electron chi connectivity index (χ2n) is 7.06. The van der Waals surface area contributed by atoms with E-state index in [0.717, 1.165) is 35.1 Å². The molecule has 1 unspecified atom stereocenters. The van der Waals surface area contributed by atoms with Gasteiger partial charge in [-0.1, -0.05) is 30.3 Å². The Balaban J connectivity index is 1.44. The molecule has 1 aromatic heterocycles. The van der Waals surface area contributed by atoms with Crippen molar-refractivity contribution in [1.29, 1.82) is 0 Å². The van der Waals surface area contributed by atoms with Crippen molar-refractivity contribution >= 4 is 16.8 Å².